The van der Waals surface area contributed by atoms with Crippen LogP contribution in [0.2, 0.25) is 0 Å². The summed E-state index contributed by atoms with van der Waals surface area (Å²) in [5, 5.41) is 0. The molecule has 0 saturated carbocycles. The third kappa shape index (κ3) is 20.4. The molecule has 16 aromatic rings. The second-order valence-corrected chi connectivity index (χ2v) is 28.2. The maximum Gasteiger partial charge on any atom is -0.0172 e. The summed E-state index contributed by atoms with van der Waals surface area (Å²) < 4.78 is 0. The summed E-state index contributed by atoms with van der Waals surface area (Å²) in [7, 11) is 0. The third-order valence-corrected chi connectivity index (χ3v) is 19.1. The highest BCUT2D eigenvalue weighted by Crippen LogP contribution is 2.36. The summed E-state index contributed by atoms with van der Waals surface area (Å²) in [5.74, 6) is 0. The first-order valence-corrected chi connectivity index (χ1v) is 36.9. The lowest BCUT2D eigenvalue weighted by molar-refractivity contribution is 1.43. The normalized spacial score (nSPS) is 10.5. The molecular formula is C106H94. The fourth-order valence-electron chi connectivity index (χ4n) is 13.3. The van der Waals surface area contributed by atoms with Gasteiger partial charge in [-0.15, -0.1) is 0 Å². The summed E-state index contributed by atoms with van der Waals surface area (Å²) in [4.78, 5) is 0. The van der Waals surface area contributed by atoms with Crippen LogP contribution in [0.5, 0.6) is 0 Å². The van der Waals surface area contributed by atoms with Gasteiger partial charge in [-0.3, -0.25) is 0 Å². The van der Waals surface area contributed by atoms with Crippen molar-refractivity contribution >= 4 is 0 Å². The minimum Gasteiger partial charge on any atom is -0.0622 e. The minimum atomic E-state index is 1.25. The zero-order chi connectivity index (χ0) is 73.7. The van der Waals surface area contributed by atoms with Gasteiger partial charge in [-0.2, -0.15) is 0 Å². The lowest BCUT2D eigenvalue weighted by Gasteiger charge is -2.12. The van der Waals surface area contributed by atoms with Gasteiger partial charge in [0.1, 0.15) is 0 Å². The second-order valence-electron chi connectivity index (χ2n) is 28.2. The molecule has 0 fully saturated rings. The monoisotopic (exact) mass is 1370 g/mol. The van der Waals surface area contributed by atoms with Crippen molar-refractivity contribution < 1.29 is 0 Å². The molecule has 0 aromatic heterocycles. The summed E-state index contributed by atoms with van der Waals surface area (Å²) in [5.41, 5.74) is 40.8. The molecule has 518 valence electrons. The van der Waals surface area contributed by atoms with Gasteiger partial charge in [0.2, 0.25) is 0 Å². The van der Waals surface area contributed by atoms with Crippen molar-refractivity contribution in [3.8, 4) is 122 Å². The van der Waals surface area contributed by atoms with E-state index < -0.39 is 0 Å². The van der Waals surface area contributed by atoms with E-state index in [1.54, 1.807) is 0 Å². The van der Waals surface area contributed by atoms with Crippen molar-refractivity contribution in [1.82, 2.24) is 0 Å². The highest BCUT2D eigenvalue weighted by atomic mass is 14.2. The van der Waals surface area contributed by atoms with Crippen LogP contribution < -0.4 is 0 Å². The molecule has 0 aliphatic heterocycles. The van der Waals surface area contributed by atoms with Gasteiger partial charge < -0.3 is 0 Å². The largest absolute Gasteiger partial charge is 0.0622 e. The van der Waals surface area contributed by atoms with Crippen LogP contribution in [0.3, 0.4) is 0 Å². The molecule has 0 aliphatic carbocycles. The Labute approximate surface area is 631 Å². The van der Waals surface area contributed by atoms with Crippen LogP contribution in [0.15, 0.2) is 388 Å². The van der Waals surface area contributed by atoms with Gasteiger partial charge in [-0.1, -0.05) is 390 Å². The van der Waals surface area contributed by atoms with Gasteiger partial charge in [-0.05, 0) is 245 Å². The Balaban J connectivity index is 0.000000125. The van der Waals surface area contributed by atoms with Crippen molar-refractivity contribution in [2.24, 2.45) is 0 Å². The molecule has 16 rings (SSSR count). The molecule has 0 amide bonds. The van der Waals surface area contributed by atoms with Crippen molar-refractivity contribution in [3.05, 3.63) is 444 Å². The van der Waals surface area contributed by atoms with Crippen molar-refractivity contribution in [2.75, 3.05) is 0 Å². The lowest BCUT2D eigenvalue weighted by Crippen LogP contribution is -1.86. The zero-order valence-electron chi connectivity index (χ0n) is 63.0. The van der Waals surface area contributed by atoms with Crippen LogP contribution in [0, 0.1) is 69.2 Å². The summed E-state index contributed by atoms with van der Waals surface area (Å²) in [6, 6.07) is 139. The molecular weight excluding hydrogens is 1270 g/mol. The maximum atomic E-state index is 2.29. The highest BCUT2D eigenvalue weighted by molar-refractivity contribution is 5.83. The van der Waals surface area contributed by atoms with E-state index in [4.69, 9.17) is 0 Å². The first kappa shape index (κ1) is 73.3. The third-order valence-electron chi connectivity index (χ3n) is 19.1. The number of hydrogen-bond acceptors (Lipinski definition) is 0. The molecule has 0 unspecified atom stereocenters. The smallest absolute Gasteiger partial charge is 0.0172 e. The second kappa shape index (κ2) is 35.6. The average molecular weight is 1370 g/mol. The molecule has 16 aromatic carbocycles. The topological polar surface area (TPSA) is 0 Å². The van der Waals surface area contributed by atoms with E-state index >= 15 is 0 Å². The highest BCUT2D eigenvalue weighted by Gasteiger charge is 2.11. The number of rotatable bonds is 11. The number of benzene rings is 16. The standard InChI is InChI=1S/C26H22.4C20H18/c1-19-8-12-22(13-9-19)25-16-24(21-6-4-3-5-7-21)17-26(18-25)23-14-10-20(2)11-15-23;1-15-6-3-8-17(12-15)19-10-5-11-20(14-19)18-9-4-7-16(2)13-18;1-15-9-11-17(12-10-15)19-7-4-8-20(14-19)18-6-3-5-16(2)13-18;1-15-7-6-10-18(11-15)20-13-16(2)12-19(14-20)17-8-4-3-5-9-17;1-15-8-10-18(11-9-15)20-13-16(2)12-19(14-20)17-6-4-3-5-7-17/h3-18H,1-2H3;4*3-14H,1-2H3. The minimum absolute atomic E-state index is 1.25. The molecule has 0 N–H and O–H groups in total. The zero-order valence-corrected chi connectivity index (χ0v) is 63.0. The molecule has 0 heteroatoms. The molecule has 0 nitrogen and oxygen atoms in total. The van der Waals surface area contributed by atoms with Crippen LogP contribution >= 0.6 is 0 Å². The van der Waals surface area contributed by atoms with E-state index in [-0.39, 0.29) is 0 Å². The van der Waals surface area contributed by atoms with Gasteiger partial charge in [0.05, 0.1) is 0 Å². The first-order chi connectivity index (χ1) is 51.6. The molecule has 0 bridgehead atoms. The lowest BCUT2D eigenvalue weighted by atomic mass is 9.93. The van der Waals surface area contributed by atoms with Crippen LogP contribution in [-0.4, -0.2) is 0 Å². The Hall–Kier alpha value is -12.5. The fraction of sp³-hybridized carbons (Fsp3) is 0.0943. The van der Waals surface area contributed by atoms with Gasteiger partial charge >= 0.3 is 0 Å². The molecule has 0 spiro atoms. The Morgan fingerprint density at radius 2 is 0.226 bits per heavy atom. The Kier molecular flexibility index (Phi) is 24.6. The molecule has 106 heavy (non-hydrogen) atoms. The fourth-order valence-corrected chi connectivity index (χ4v) is 13.3. The van der Waals surface area contributed by atoms with Crippen molar-refractivity contribution in [1.29, 1.82) is 0 Å². The Bertz CT molecular complexity index is 5380. The number of aryl methyl sites for hydroxylation is 10. The first-order valence-electron chi connectivity index (χ1n) is 36.9. The predicted molar refractivity (Wildman–Crippen MR) is 459 cm³/mol. The van der Waals surface area contributed by atoms with E-state index in [1.165, 1.54) is 178 Å². The molecule has 0 radical (unpaired) electrons. The van der Waals surface area contributed by atoms with Crippen molar-refractivity contribution in [2.45, 2.75) is 69.2 Å². The average Bonchev–Trinajstić information content (AvgIpc) is 0.888. The SMILES string of the molecule is Cc1ccc(-c2cc(-c3ccccc3)cc(-c3ccc(C)cc3)c2)cc1.Cc1ccc(-c2cc(C)cc(-c3ccccc3)c2)cc1.Cc1ccc(-c2cccc(-c3cccc(C)c3)c2)cc1.Cc1cccc(-c2cc(C)cc(-c3ccccc3)c2)c1.Cc1cccc(-c2cccc(-c3cccc(C)c3)c2)c1. The summed E-state index contributed by atoms with van der Waals surface area (Å²) in [6.07, 6.45) is 0. The summed E-state index contributed by atoms with van der Waals surface area (Å²) >= 11 is 0. The van der Waals surface area contributed by atoms with Crippen LogP contribution in [0.4, 0.5) is 0 Å². The van der Waals surface area contributed by atoms with Gasteiger partial charge in [0, 0.05) is 0 Å². The molecule has 0 aliphatic rings. The molecule has 0 saturated heterocycles. The van der Waals surface area contributed by atoms with Crippen molar-refractivity contribution in [3.63, 3.8) is 0 Å². The Morgan fingerprint density at radius 3 is 0.462 bits per heavy atom. The summed E-state index contributed by atoms with van der Waals surface area (Å²) in [6.45, 7) is 21.3. The van der Waals surface area contributed by atoms with Crippen LogP contribution in [-0.2, 0) is 0 Å². The number of hydrogen-bond donors (Lipinski definition) is 0. The van der Waals surface area contributed by atoms with Gasteiger partial charge in [-0.25, -0.2) is 0 Å². The quantitative estimate of drug-likeness (QED) is 0.121. The van der Waals surface area contributed by atoms with E-state index in [0.717, 1.165) is 0 Å². The molecule has 0 heterocycles. The predicted octanol–water partition coefficient (Wildman–Crippen LogP) is 29.9. The molecule has 0 atom stereocenters. The van der Waals surface area contributed by atoms with Crippen LogP contribution in [0.25, 0.3) is 122 Å². The van der Waals surface area contributed by atoms with E-state index in [2.05, 4.69) is 457 Å². The van der Waals surface area contributed by atoms with E-state index in [0.29, 0.717) is 0 Å². The Morgan fingerprint density at radius 1 is 0.0849 bits per heavy atom. The van der Waals surface area contributed by atoms with E-state index in [1.807, 2.05) is 0 Å². The van der Waals surface area contributed by atoms with Crippen LogP contribution in [0.1, 0.15) is 55.6 Å². The van der Waals surface area contributed by atoms with E-state index in [9.17, 15) is 0 Å². The maximum absolute atomic E-state index is 2.29. The van der Waals surface area contributed by atoms with Gasteiger partial charge in [0.25, 0.3) is 0 Å². The van der Waals surface area contributed by atoms with Gasteiger partial charge in [0.15, 0.2) is 0 Å².